The largest absolute Gasteiger partial charge is 0.328 e. The number of hydrogen-bond acceptors (Lipinski definition) is 1. The Labute approximate surface area is 77.7 Å². The SMILES string of the molecule is CC(C)C(C(C)C)C(C)C(C)N. The molecule has 0 saturated heterocycles. The predicted molar refractivity (Wildman–Crippen MR) is 56.0 cm³/mol. The first-order valence-corrected chi connectivity index (χ1v) is 5.13. The molecule has 1 heteroatoms. The Morgan fingerprint density at radius 1 is 0.750 bits per heavy atom. The smallest absolute Gasteiger partial charge is 0.00389 e. The Kier molecular flexibility index (Phi) is 4.84. The average Bonchev–Trinajstić information content (AvgIpc) is 1.85. The van der Waals surface area contributed by atoms with Gasteiger partial charge in [-0.1, -0.05) is 34.6 Å². The first kappa shape index (κ1) is 12.0. The van der Waals surface area contributed by atoms with Gasteiger partial charge >= 0.3 is 0 Å². The van der Waals surface area contributed by atoms with Crippen LogP contribution in [-0.4, -0.2) is 6.04 Å². The molecule has 0 aliphatic heterocycles. The van der Waals surface area contributed by atoms with Gasteiger partial charge in [0.25, 0.3) is 0 Å². The van der Waals surface area contributed by atoms with Crippen molar-refractivity contribution in [2.24, 2.45) is 29.4 Å². The lowest BCUT2D eigenvalue weighted by Gasteiger charge is -2.33. The maximum atomic E-state index is 5.91. The molecule has 0 rings (SSSR count). The summed E-state index contributed by atoms with van der Waals surface area (Å²) in [6.45, 7) is 13.6. The van der Waals surface area contributed by atoms with E-state index in [0.717, 1.165) is 17.8 Å². The molecule has 0 aliphatic rings. The van der Waals surface area contributed by atoms with Crippen LogP contribution in [0.15, 0.2) is 0 Å². The van der Waals surface area contributed by atoms with Gasteiger partial charge < -0.3 is 5.73 Å². The van der Waals surface area contributed by atoms with Crippen LogP contribution in [-0.2, 0) is 0 Å². The number of hydrogen-bond donors (Lipinski definition) is 1. The summed E-state index contributed by atoms with van der Waals surface area (Å²) in [7, 11) is 0. The number of nitrogens with two attached hydrogens (primary N) is 1. The van der Waals surface area contributed by atoms with Gasteiger partial charge in [-0.25, -0.2) is 0 Å². The zero-order valence-electron chi connectivity index (χ0n) is 9.46. The summed E-state index contributed by atoms with van der Waals surface area (Å²) in [5.74, 6) is 2.87. The Hall–Kier alpha value is -0.0400. The van der Waals surface area contributed by atoms with E-state index in [1.165, 1.54) is 0 Å². The molecular formula is C11H25N. The summed E-state index contributed by atoms with van der Waals surface area (Å²) in [4.78, 5) is 0. The van der Waals surface area contributed by atoms with E-state index in [1.807, 2.05) is 0 Å². The second-order valence-corrected chi connectivity index (χ2v) is 4.78. The lowest BCUT2D eigenvalue weighted by Crippen LogP contribution is -2.35. The highest BCUT2D eigenvalue weighted by Crippen LogP contribution is 2.29. The molecule has 0 aromatic carbocycles. The van der Waals surface area contributed by atoms with Crippen LogP contribution in [0.4, 0.5) is 0 Å². The van der Waals surface area contributed by atoms with Crippen molar-refractivity contribution in [2.45, 2.75) is 47.6 Å². The van der Waals surface area contributed by atoms with E-state index in [2.05, 4.69) is 41.5 Å². The van der Waals surface area contributed by atoms with Gasteiger partial charge in [0, 0.05) is 6.04 Å². The number of rotatable bonds is 4. The predicted octanol–water partition coefficient (Wildman–Crippen LogP) is 2.90. The van der Waals surface area contributed by atoms with Crippen LogP contribution < -0.4 is 5.73 Å². The second-order valence-electron chi connectivity index (χ2n) is 4.78. The quantitative estimate of drug-likeness (QED) is 0.691. The highest BCUT2D eigenvalue weighted by Gasteiger charge is 2.25. The molecule has 74 valence electrons. The van der Waals surface area contributed by atoms with E-state index >= 15 is 0 Å². The van der Waals surface area contributed by atoms with Crippen LogP contribution in [0.1, 0.15) is 41.5 Å². The average molecular weight is 171 g/mol. The van der Waals surface area contributed by atoms with Crippen molar-refractivity contribution in [1.29, 1.82) is 0 Å². The third kappa shape index (κ3) is 3.14. The molecule has 0 aromatic rings. The van der Waals surface area contributed by atoms with E-state index < -0.39 is 0 Å². The Morgan fingerprint density at radius 3 is 1.17 bits per heavy atom. The van der Waals surface area contributed by atoms with E-state index in [1.54, 1.807) is 0 Å². The fraction of sp³-hybridized carbons (Fsp3) is 1.00. The third-order valence-corrected chi connectivity index (χ3v) is 2.98. The highest BCUT2D eigenvalue weighted by molar-refractivity contribution is 4.77. The Balaban J connectivity index is 4.30. The van der Waals surface area contributed by atoms with Crippen LogP contribution in [0.5, 0.6) is 0 Å². The van der Waals surface area contributed by atoms with E-state index in [0.29, 0.717) is 12.0 Å². The standard InChI is InChI=1S/C11H25N/c1-7(2)11(8(3)4)9(5)10(6)12/h7-11H,12H2,1-6H3. The zero-order chi connectivity index (χ0) is 9.89. The summed E-state index contributed by atoms with van der Waals surface area (Å²) >= 11 is 0. The van der Waals surface area contributed by atoms with Crippen LogP contribution in [0.3, 0.4) is 0 Å². The van der Waals surface area contributed by atoms with Gasteiger partial charge in [0.1, 0.15) is 0 Å². The van der Waals surface area contributed by atoms with E-state index in [4.69, 9.17) is 5.73 Å². The van der Waals surface area contributed by atoms with Gasteiger partial charge in [0.2, 0.25) is 0 Å². The summed E-state index contributed by atoms with van der Waals surface area (Å²) in [6, 6.07) is 0.319. The maximum Gasteiger partial charge on any atom is 0.00389 e. The van der Waals surface area contributed by atoms with Crippen molar-refractivity contribution in [3.05, 3.63) is 0 Å². The van der Waals surface area contributed by atoms with Crippen molar-refractivity contribution in [1.82, 2.24) is 0 Å². The fourth-order valence-electron chi connectivity index (χ4n) is 2.33. The van der Waals surface area contributed by atoms with Crippen molar-refractivity contribution in [3.63, 3.8) is 0 Å². The molecule has 2 atom stereocenters. The molecule has 0 fully saturated rings. The molecule has 1 nitrogen and oxygen atoms in total. The summed E-state index contributed by atoms with van der Waals surface area (Å²) in [6.07, 6.45) is 0. The summed E-state index contributed by atoms with van der Waals surface area (Å²) in [5.41, 5.74) is 5.91. The monoisotopic (exact) mass is 171 g/mol. The van der Waals surface area contributed by atoms with Gasteiger partial charge in [-0.2, -0.15) is 0 Å². The van der Waals surface area contributed by atoms with Crippen molar-refractivity contribution >= 4 is 0 Å². The molecule has 0 bridgehead atoms. The molecule has 2 unspecified atom stereocenters. The molecule has 12 heavy (non-hydrogen) atoms. The summed E-state index contributed by atoms with van der Waals surface area (Å²) in [5, 5.41) is 0. The minimum Gasteiger partial charge on any atom is -0.328 e. The third-order valence-electron chi connectivity index (χ3n) is 2.98. The van der Waals surface area contributed by atoms with Crippen LogP contribution in [0.2, 0.25) is 0 Å². The van der Waals surface area contributed by atoms with Crippen molar-refractivity contribution in [3.8, 4) is 0 Å². The minimum absolute atomic E-state index is 0.319. The molecule has 0 aromatic heterocycles. The molecule has 0 spiro atoms. The Bertz CT molecular complexity index is 108. The van der Waals surface area contributed by atoms with Crippen molar-refractivity contribution in [2.75, 3.05) is 0 Å². The first-order chi connectivity index (χ1) is 5.37. The van der Waals surface area contributed by atoms with Crippen LogP contribution >= 0.6 is 0 Å². The van der Waals surface area contributed by atoms with Crippen molar-refractivity contribution < 1.29 is 0 Å². The molecule has 0 radical (unpaired) electrons. The van der Waals surface area contributed by atoms with Crippen LogP contribution in [0.25, 0.3) is 0 Å². The maximum absolute atomic E-state index is 5.91. The Morgan fingerprint density at radius 2 is 1.08 bits per heavy atom. The normalized spacial score (nSPS) is 17.5. The van der Waals surface area contributed by atoms with E-state index in [9.17, 15) is 0 Å². The summed E-state index contributed by atoms with van der Waals surface area (Å²) < 4.78 is 0. The first-order valence-electron chi connectivity index (χ1n) is 5.13. The van der Waals surface area contributed by atoms with Gasteiger partial charge in [-0.05, 0) is 30.6 Å². The second kappa shape index (κ2) is 4.86. The molecular weight excluding hydrogens is 146 g/mol. The van der Waals surface area contributed by atoms with Gasteiger partial charge in [-0.3, -0.25) is 0 Å². The molecule has 0 amide bonds. The van der Waals surface area contributed by atoms with Gasteiger partial charge in [-0.15, -0.1) is 0 Å². The fourth-order valence-corrected chi connectivity index (χ4v) is 2.33. The van der Waals surface area contributed by atoms with Gasteiger partial charge in [0.15, 0.2) is 0 Å². The van der Waals surface area contributed by atoms with Gasteiger partial charge in [0.05, 0.1) is 0 Å². The molecule has 0 aliphatic carbocycles. The zero-order valence-corrected chi connectivity index (χ0v) is 9.46. The molecule has 2 N–H and O–H groups in total. The lowest BCUT2D eigenvalue weighted by atomic mass is 9.74. The molecule has 0 heterocycles. The lowest BCUT2D eigenvalue weighted by molar-refractivity contribution is 0.179. The molecule has 0 saturated carbocycles. The highest BCUT2D eigenvalue weighted by atomic mass is 14.6. The minimum atomic E-state index is 0.319. The van der Waals surface area contributed by atoms with E-state index in [-0.39, 0.29) is 0 Å². The topological polar surface area (TPSA) is 26.0 Å². The van der Waals surface area contributed by atoms with Crippen LogP contribution in [0, 0.1) is 23.7 Å².